The lowest BCUT2D eigenvalue weighted by Crippen LogP contribution is -2.13. The number of alkyl halides is 1. The summed E-state index contributed by atoms with van der Waals surface area (Å²) >= 11 is 3.09. The number of carboxylic acid groups (broad SMARTS) is 1. The number of aliphatic carboxylic acids is 1. The fourth-order valence-electron chi connectivity index (χ4n) is 2.41. The van der Waals surface area contributed by atoms with E-state index in [1.165, 1.54) is 51.4 Å². The van der Waals surface area contributed by atoms with Gasteiger partial charge in [0.25, 0.3) is 0 Å². The van der Waals surface area contributed by atoms with Gasteiger partial charge in [-0.3, -0.25) is 4.79 Å². The Labute approximate surface area is 140 Å². The smallest absolute Gasteiger partial charge is 0.325 e. The average molecular weight is 375 g/mol. The minimum Gasteiger partial charge on any atom is -0.480 e. The van der Waals surface area contributed by atoms with Gasteiger partial charge in [-0.15, -0.1) is 5.10 Å². The molecule has 22 heavy (non-hydrogen) atoms. The third kappa shape index (κ3) is 7.33. The molecule has 0 aliphatic rings. The van der Waals surface area contributed by atoms with Gasteiger partial charge in [-0.05, 0) is 16.8 Å². The molecule has 1 rings (SSSR count). The lowest BCUT2D eigenvalue weighted by molar-refractivity contribution is -0.136. The van der Waals surface area contributed by atoms with Gasteiger partial charge in [0.1, 0.15) is 0 Å². The van der Waals surface area contributed by atoms with Gasteiger partial charge >= 0.3 is 5.97 Å². The van der Waals surface area contributed by atoms with E-state index in [4.69, 9.17) is 5.11 Å². The van der Waals surface area contributed by atoms with Crippen LogP contribution in [-0.4, -0.2) is 31.3 Å². The predicted molar refractivity (Wildman–Crippen MR) is 89.0 cm³/mol. The normalized spacial score (nSPS) is 12.5. The topological polar surface area (TPSA) is 80.9 Å². The number of nitrogens with zero attached hydrogens (tertiary/aromatic N) is 4. The fourth-order valence-corrected chi connectivity index (χ4v) is 2.74. The molecule has 126 valence electrons. The van der Waals surface area contributed by atoms with Crippen LogP contribution in [-0.2, 0) is 11.3 Å². The molecule has 0 saturated carbocycles. The van der Waals surface area contributed by atoms with Crippen LogP contribution < -0.4 is 0 Å². The van der Waals surface area contributed by atoms with E-state index in [0.29, 0.717) is 12.4 Å². The van der Waals surface area contributed by atoms with Crippen molar-refractivity contribution >= 4 is 21.9 Å². The van der Waals surface area contributed by atoms with Crippen molar-refractivity contribution in [3.8, 4) is 0 Å². The molecule has 0 amide bonds. The van der Waals surface area contributed by atoms with E-state index in [2.05, 4.69) is 38.4 Å². The molecule has 1 heterocycles. The molecular formula is C15H27BrN4O2. The summed E-state index contributed by atoms with van der Waals surface area (Å²) in [6.07, 6.45) is 12.7. The Morgan fingerprint density at radius 1 is 1.09 bits per heavy atom. The molecule has 0 bridgehead atoms. The van der Waals surface area contributed by atoms with E-state index in [-0.39, 0.29) is 0 Å². The lowest BCUT2D eigenvalue weighted by atomic mass is 10.1. The first kappa shape index (κ1) is 19.1. The van der Waals surface area contributed by atoms with Gasteiger partial charge in [0.2, 0.25) is 0 Å². The van der Waals surface area contributed by atoms with Gasteiger partial charge in [-0.2, -0.15) is 0 Å². The summed E-state index contributed by atoms with van der Waals surface area (Å²) in [7, 11) is 0. The van der Waals surface area contributed by atoms with E-state index in [0.717, 1.165) is 12.8 Å². The Kier molecular flexibility index (Phi) is 10.0. The quantitative estimate of drug-likeness (QED) is 0.414. The number of rotatable bonds is 13. The Morgan fingerprint density at radius 3 is 2.18 bits per heavy atom. The maximum atomic E-state index is 10.9. The molecule has 6 nitrogen and oxygen atoms in total. The molecule has 1 atom stereocenters. The monoisotopic (exact) mass is 374 g/mol. The number of carboxylic acids is 1. The van der Waals surface area contributed by atoms with Crippen LogP contribution in [0.1, 0.15) is 81.8 Å². The zero-order valence-electron chi connectivity index (χ0n) is 13.4. The second-order valence-electron chi connectivity index (χ2n) is 5.64. The number of aromatic nitrogens is 4. The Hall–Kier alpha value is -0.980. The second-order valence-corrected chi connectivity index (χ2v) is 6.56. The van der Waals surface area contributed by atoms with Crippen molar-refractivity contribution in [1.82, 2.24) is 20.2 Å². The summed E-state index contributed by atoms with van der Waals surface area (Å²) in [5, 5.41) is 20.2. The zero-order chi connectivity index (χ0) is 16.2. The number of carbonyl (C=O) groups is 1. The summed E-state index contributed by atoms with van der Waals surface area (Å²) in [4.78, 5) is 10.1. The molecule has 0 fully saturated rings. The van der Waals surface area contributed by atoms with E-state index >= 15 is 0 Å². The second kappa shape index (κ2) is 11.6. The van der Waals surface area contributed by atoms with E-state index in [1.54, 1.807) is 4.68 Å². The highest BCUT2D eigenvalue weighted by atomic mass is 79.9. The maximum absolute atomic E-state index is 10.9. The van der Waals surface area contributed by atoms with Crippen LogP contribution in [0, 0.1) is 0 Å². The van der Waals surface area contributed by atoms with Crippen LogP contribution in [0.2, 0.25) is 0 Å². The third-order valence-electron chi connectivity index (χ3n) is 3.73. The highest BCUT2D eigenvalue weighted by molar-refractivity contribution is 9.09. The molecule has 1 aromatic rings. The molecule has 0 aliphatic heterocycles. The largest absolute Gasteiger partial charge is 0.480 e. The van der Waals surface area contributed by atoms with Crippen LogP contribution in [0.5, 0.6) is 0 Å². The average Bonchev–Trinajstić information content (AvgIpc) is 2.96. The summed E-state index contributed by atoms with van der Waals surface area (Å²) in [6, 6.07) is 0. The van der Waals surface area contributed by atoms with Crippen molar-refractivity contribution in [2.45, 2.75) is 82.5 Å². The zero-order valence-corrected chi connectivity index (χ0v) is 15.0. The SMILES string of the molecule is CCCCCCCCCCCCn1nnnc1C(Br)C(=O)O. The highest BCUT2D eigenvalue weighted by Crippen LogP contribution is 2.20. The number of hydrogen-bond acceptors (Lipinski definition) is 4. The number of unbranched alkanes of at least 4 members (excludes halogenated alkanes) is 9. The molecule has 1 N–H and O–H groups in total. The van der Waals surface area contributed by atoms with Crippen LogP contribution in [0.15, 0.2) is 0 Å². The molecule has 0 spiro atoms. The standard InChI is InChI=1S/C15H27BrN4O2/c1-2-3-4-5-6-7-8-9-10-11-12-20-14(17-18-19-20)13(16)15(21)22/h13H,2-12H2,1H3,(H,21,22). The van der Waals surface area contributed by atoms with Crippen molar-refractivity contribution in [1.29, 1.82) is 0 Å². The molecule has 0 saturated heterocycles. The summed E-state index contributed by atoms with van der Waals surface area (Å²) in [5.74, 6) is -0.609. The molecule has 1 unspecified atom stereocenters. The lowest BCUT2D eigenvalue weighted by Gasteiger charge is -2.06. The molecule has 0 aromatic carbocycles. The molecule has 1 aromatic heterocycles. The number of halogens is 1. The molecular weight excluding hydrogens is 348 g/mol. The van der Waals surface area contributed by atoms with Crippen LogP contribution in [0.25, 0.3) is 0 Å². The van der Waals surface area contributed by atoms with Crippen LogP contribution >= 0.6 is 15.9 Å². The predicted octanol–water partition coefficient (Wildman–Crippen LogP) is 4.11. The van der Waals surface area contributed by atoms with Crippen molar-refractivity contribution in [3.05, 3.63) is 5.82 Å². The van der Waals surface area contributed by atoms with Gasteiger partial charge in [0.05, 0.1) is 0 Å². The van der Waals surface area contributed by atoms with Gasteiger partial charge in [0.15, 0.2) is 10.7 Å². The molecule has 0 aliphatic carbocycles. The first-order chi connectivity index (χ1) is 10.7. The summed E-state index contributed by atoms with van der Waals surface area (Å²) in [5.41, 5.74) is 0. The first-order valence-electron chi connectivity index (χ1n) is 8.29. The van der Waals surface area contributed by atoms with Crippen molar-refractivity contribution < 1.29 is 9.90 Å². The van der Waals surface area contributed by atoms with Crippen molar-refractivity contribution in [2.75, 3.05) is 0 Å². The van der Waals surface area contributed by atoms with Gasteiger partial charge < -0.3 is 5.11 Å². The van der Waals surface area contributed by atoms with Crippen molar-refractivity contribution in [2.24, 2.45) is 0 Å². The minimum absolute atomic E-state index is 0.364. The minimum atomic E-state index is -0.973. The Bertz CT molecular complexity index is 425. The summed E-state index contributed by atoms with van der Waals surface area (Å²) in [6.45, 7) is 2.92. The van der Waals surface area contributed by atoms with Crippen molar-refractivity contribution in [3.63, 3.8) is 0 Å². The number of tetrazole rings is 1. The fraction of sp³-hybridized carbons (Fsp3) is 0.867. The Morgan fingerprint density at radius 2 is 1.64 bits per heavy atom. The summed E-state index contributed by atoms with van der Waals surface area (Å²) < 4.78 is 1.58. The number of aryl methyl sites for hydroxylation is 1. The highest BCUT2D eigenvalue weighted by Gasteiger charge is 2.22. The third-order valence-corrected chi connectivity index (χ3v) is 4.53. The van der Waals surface area contributed by atoms with Gasteiger partial charge in [0, 0.05) is 6.54 Å². The first-order valence-corrected chi connectivity index (χ1v) is 9.21. The number of hydrogen-bond donors (Lipinski definition) is 1. The Balaban J connectivity index is 2.08. The van der Waals surface area contributed by atoms with Gasteiger partial charge in [-0.25, -0.2) is 4.68 Å². The van der Waals surface area contributed by atoms with E-state index < -0.39 is 10.8 Å². The van der Waals surface area contributed by atoms with Crippen LogP contribution in [0.3, 0.4) is 0 Å². The molecule has 0 radical (unpaired) electrons. The van der Waals surface area contributed by atoms with Crippen LogP contribution in [0.4, 0.5) is 0 Å². The van der Waals surface area contributed by atoms with E-state index in [1.807, 2.05) is 0 Å². The van der Waals surface area contributed by atoms with E-state index in [9.17, 15) is 4.79 Å². The molecule has 7 heteroatoms. The maximum Gasteiger partial charge on any atom is 0.325 e. The van der Waals surface area contributed by atoms with Gasteiger partial charge in [-0.1, -0.05) is 80.6 Å².